The van der Waals surface area contributed by atoms with Gasteiger partial charge in [0.1, 0.15) is 11.6 Å². The molecule has 0 aliphatic carbocycles. The standard InChI is InChI=1S/C27H33FN4O4/c1-18-23(15-25(33)34)26-31-10-8-27(2,9-11-31)36-12-4-3-5-19-13-21(28)7-6-20(19)16-35-17-22-14-24(29-18)32(26)30-22/h6-7,13-14H,3-5,8-12,15-17H2,1-2H3,(H,33,34). The van der Waals surface area contributed by atoms with Gasteiger partial charge in [0.05, 0.1) is 30.9 Å². The van der Waals surface area contributed by atoms with Gasteiger partial charge in [0.2, 0.25) is 0 Å². The molecule has 1 saturated heterocycles. The number of aryl methyl sites for hydroxylation is 2. The number of carboxylic acid groups (broad SMARTS) is 1. The molecule has 1 N–H and O–H groups in total. The molecule has 1 fully saturated rings. The first kappa shape index (κ1) is 24.6. The Morgan fingerprint density at radius 2 is 1.97 bits per heavy atom. The molecule has 3 aromatic rings. The molecule has 4 bridgehead atoms. The summed E-state index contributed by atoms with van der Waals surface area (Å²) >= 11 is 0. The predicted octanol–water partition coefficient (Wildman–Crippen LogP) is 4.23. The molecule has 0 spiro atoms. The van der Waals surface area contributed by atoms with Crippen LogP contribution in [0.3, 0.4) is 0 Å². The zero-order valence-corrected chi connectivity index (χ0v) is 20.9. The molecule has 8 nitrogen and oxygen atoms in total. The van der Waals surface area contributed by atoms with Crippen molar-refractivity contribution in [2.75, 3.05) is 24.6 Å². The molecular formula is C27H33FN4O4. The number of fused-ring (bicyclic) bond motifs is 8. The molecule has 9 heteroatoms. The molecule has 0 unspecified atom stereocenters. The van der Waals surface area contributed by atoms with E-state index in [1.165, 1.54) is 6.07 Å². The SMILES string of the molecule is Cc1nc2cc3nn2c(c1CC(=O)O)N1CCC(C)(CC1)OCCCCc1cc(F)ccc1COC3. The first-order valence-corrected chi connectivity index (χ1v) is 12.7. The van der Waals surface area contributed by atoms with Gasteiger partial charge >= 0.3 is 5.97 Å². The van der Waals surface area contributed by atoms with Crippen LogP contribution in [0.4, 0.5) is 10.2 Å². The fourth-order valence-electron chi connectivity index (χ4n) is 5.24. The molecule has 5 heterocycles. The number of anilines is 1. The number of carboxylic acids is 1. The van der Waals surface area contributed by atoms with Crippen molar-refractivity contribution in [3.63, 3.8) is 0 Å². The topological polar surface area (TPSA) is 89.2 Å². The zero-order valence-electron chi connectivity index (χ0n) is 20.9. The Hall–Kier alpha value is -3.04. The molecule has 3 aliphatic rings. The van der Waals surface area contributed by atoms with Crippen LogP contribution in [0.15, 0.2) is 24.3 Å². The van der Waals surface area contributed by atoms with E-state index in [-0.39, 0.29) is 24.4 Å². The third-order valence-corrected chi connectivity index (χ3v) is 7.35. The number of hydrogen-bond donors (Lipinski definition) is 1. The highest BCUT2D eigenvalue weighted by molar-refractivity contribution is 5.74. The van der Waals surface area contributed by atoms with Crippen molar-refractivity contribution in [3.8, 4) is 0 Å². The van der Waals surface area contributed by atoms with Crippen LogP contribution < -0.4 is 4.90 Å². The van der Waals surface area contributed by atoms with E-state index in [1.807, 2.05) is 13.0 Å². The lowest BCUT2D eigenvalue weighted by molar-refractivity contribution is -0.136. The van der Waals surface area contributed by atoms with E-state index in [0.29, 0.717) is 35.8 Å². The van der Waals surface area contributed by atoms with Gasteiger partial charge in [-0.3, -0.25) is 4.79 Å². The molecule has 1 aromatic carbocycles. The van der Waals surface area contributed by atoms with Gasteiger partial charge < -0.3 is 19.5 Å². The molecule has 0 radical (unpaired) electrons. The quantitative estimate of drug-likeness (QED) is 0.568. The summed E-state index contributed by atoms with van der Waals surface area (Å²) in [4.78, 5) is 18.6. The van der Waals surface area contributed by atoms with Gasteiger partial charge in [0.15, 0.2) is 5.65 Å². The molecule has 0 saturated carbocycles. The number of carbonyl (C=O) groups is 1. The number of benzene rings is 1. The van der Waals surface area contributed by atoms with Gasteiger partial charge in [-0.15, -0.1) is 0 Å². The lowest BCUT2D eigenvalue weighted by Crippen LogP contribution is -2.45. The Balaban J connectivity index is 1.52. The molecule has 2 aromatic heterocycles. The fraction of sp³-hybridized carbons (Fsp3) is 0.519. The number of halogens is 1. The van der Waals surface area contributed by atoms with E-state index in [2.05, 4.69) is 16.8 Å². The van der Waals surface area contributed by atoms with Crippen LogP contribution in [0.25, 0.3) is 5.65 Å². The maximum atomic E-state index is 13.9. The first-order valence-electron chi connectivity index (χ1n) is 12.7. The van der Waals surface area contributed by atoms with E-state index < -0.39 is 5.97 Å². The summed E-state index contributed by atoms with van der Waals surface area (Å²) in [5.74, 6) is -0.348. The second kappa shape index (κ2) is 10.1. The van der Waals surface area contributed by atoms with E-state index in [4.69, 9.17) is 14.6 Å². The van der Waals surface area contributed by atoms with E-state index in [9.17, 15) is 14.3 Å². The summed E-state index contributed by atoms with van der Waals surface area (Å²) in [5.41, 5.74) is 4.45. The first-order chi connectivity index (χ1) is 17.3. The van der Waals surface area contributed by atoms with Crippen LogP contribution in [0.1, 0.15) is 60.7 Å². The number of piperidine rings is 1. The molecule has 3 aliphatic heterocycles. The third-order valence-electron chi connectivity index (χ3n) is 7.35. The summed E-state index contributed by atoms with van der Waals surface area (Å²) in [5, 5.41) is 14.4. The minimum absolute atomic E-state index is 0.118. The number of nitrogens with zero attached hydrogens (tertiary/aromatic N) is 4. The molecule has 192 valence electrons. The van der Waals surface area contributed by atoms with Crippen LogP contribution >= 0.6 is 0 Å². The predicted molar refractivity (Wildman–Crippen MR) is 133 cm³/mol. The summed E-state index contributed by atoms with van der Waals surface area (Å²) in [6.07, 6.45) is 4.12. The third kappa shape index (κ3) is 5.22. The van der Waals surface area contributed by atoms with Gasteiger partial charge in [-0.25, -0.2) is 9.37 Å². The number of aliphatic carboxylic acids is 1. The largest absolute Gasteiger partial charge is 0.481 e. The summed E-state index contributed by atoms with van der Waals surface area (Å²) in [6, 6.07) is 6.75. The number of rotatable bonds is 2. The Morgan fingerprint density at radius 1 is 1.17 bits per heavy atom. The van der Waals surface area contributed by atoms with Crippen molar-refractivity contribution >= 4 is 17.4 Å². The van der Waals surface area contributed by atoms with Gasteiger partial charge in [0.25, 0.3) is 0 Å². The number of ether oxygens (including phenoxy) is 2. The fourth-order valence-corrected chi connectivity index (χ4v) is 5.24. The summed E-state index contributed by atoms with van der Waals surface area (Å²) in [6.45, 7) is 6.77. The van der Waals surface area contributed by atoms with Gasteiger partial charge in [-0.1, -0.05) is 6.07 Å². The summed E-state index contributed by atoms with van der Waals surface area (Å²) in [7, 11) is 0. The van der Waals surface area contributed by atoms with Crippen LogP contribution in [0.5, 0.6) is 0 Å². The smallest absolute Gasteiger partial charge is 0.308 e. The van der Waals surface area contributed by atoms with Crippen LogP contribution in [0, 0.1) is 12.7 Å². The van der Waals surface area contributed by atoms with E-state index >= 15 is 0 Å². The number of hydrogen-bond acceptors (Lipinski definition) is 6. The Labute approximate surface area is 210 Å². The molecule has 36 heavy (non-hydrogen) atoms. The van der Waals surface area contributed by atoms with Crippen LogP contribution in [0.2, 0.25) is 0 Å². The van der Waals surface area contributed by atoms with Crippen LogP contribution in [-0.2, 0) is 40.3 Å². The maximum absolute atomic E-state index is 13.9. The average Bonchev–Trinajstić information content (AvgIpc) is 3.22. The van der Waals surface area contributed by atoms with Crippen molar-refractivity contribution in [2.24, 2.45) is 0 Å². The minimum Gasteiger partial charge on any atom is -0.481 e. The van der Waals surface area contributed by atoms with E-state index in [1.54, 1.807) is 16.6 Å². The summed E-state index contributed by atoms with van der Waals surface area (Å²) < 4.78 is 28.0. The molecule has 6 rings (SSSR count). The van der Waals surface area contributed by atoms with E-state index in [0.717, 1.165) is 62.1 Å². The minimum atomic E-state index is -0.897. The number of aromatic nitrogens is 3. The lowest BCUT2D eigenvalue weighted by Gasteiger charge is -2.41. The van der Waals surface area contributed by atoms with Crippen molar-refractivity contribution < 1.29 is 23.8 Å². The lowest BCUT2D eigenvalue weighted by atomic mass is 9.92. The Morgan fingerprint density at radius 3 is 2.75 bits per heavy atom. The van der Waals surface area contributed by atoms with Crippen LogP contribution in [-0.4, -0.2) is 51.0 Å². The maximum Gasteiger partial charge on any atom is 0.308 e. The molecular weight excluding hydrogens is 463 g/mol. The second-order valence-corrected chi connectivity index (χ2v) is 10.1. The van der Waals surface area contributed by atoms with Crippen molar-refractivity contribution in [1.29, 1.82) is 0 Å². The highest BCUT2D eigenvalue weighted by atomic mass is 19.1. The van der Waals surface area contributed by atoms with Crippen molar-refractivity contribution in [3.05, 3.63) is 58.2 Å². The average molecular weight is 497 g/mol. The normalized spacial score (nSPS) is 18.7. The monoisotopic (exact) mass is 496 g/mol. The van der Waals surface area contributed by atoms with Gasteiger partial charge in [-0.2, -0.15) is 9.61 Å². The Bertz CT molecular complexity index is 1270. The highest BCUT2D eigenvalue weighted by Gasteiger charge is 2.33. The Kier molecular flexibility index (Phi) is 6.94. The second-order valence-electron chi connectivity index (χ2n) is 10.1. The zero-order chi connectivity index (χ0) is 25.3. The van der Waals surface area contributed by atoms with Gasteiger partial charge in [0, 0.05) is 37.0 Å². The van der Waals surface area contributed by atoms with Gasteiger partial charge in [-0.05, 0) is 69.2 Å². The molecule has 0 atom stereocenters. The van der Waals surface area contributed by atoms with Crippen molar-refractivity contribution in [2.45, 2.75) is 71.2 Å². The highest BCUT2D eigenvalue weighted by Crippen LogP contribution is 2.33. The molecule has 0 amide bonds. The van der Waals surface area contributed by atoms with Crippen molar-refractivity contribution in [1.82, 2.24) is 14.6 Å².